The minimum atomic E-state index is -0.254. The summed E-state index contributed by atoms with van der Waals surface area (Å²) < 4.78 is 16.0. The van der Waals surface area contributed by atoms with Gasteiger partial charge in [-0.3, -0.25) is 4.79 Å². The quantitative estimate of drug-likeness (QED) is 0.577. The molecule has 31 heavy (non-hydrogen) atoms. The van der Waals surface area contributed by atoms with E-state index in [0.717, 1.165) is 5.56 Å². The first kappa shape index (κ1) is 22.9. The van der Waals surface area contributed by atoms with Crippen molar-refractivity contribution >= 4 is 47.2 Å². The van der Waals surface area contributed by atoms with Gasteiger partial charge in [-0.05, 0) is 6.08 Å². The maximum absolute atomic E-state index is 11.5. The Hall–Kier alpha value is -2.81. The topological polar surface area (TPSA) is 94.6 Å². The van der Waals surface area contributed by atoms with E-state index in [9.17, 15) is 4.79 Å². The van der Waals surface area contributed by atoms with E-state index in [1.807, 2.05) is 0 Å². The van der Waals surface area contributed by atoms with Gasteiger partial charge in [0.05, 0.1) is 49.6 Å². The fraction of sp³-hybridized carbons (Fsp3) is 0.286. The van der Waals surface area contributed by atoms with Gasteiger partial charge in [0.15, 0.2) is 0 Å². The van der Waals surface area contributed by atoms with Gasteiger partial charge in [-0.15, -0.1) is 0 Å². The molecule has 164 valence electrons. The van der Waals surface area contributed by atoms with Crippen LogP contribution >= 0.6 is 23.2 Å². The van der Waals surface area contributed by atoms with Crippen molar-refractivity contribution in [3.05, 3.63) is 52.3 Å². The molecule has 1 aliphatic heterocycles. The van der Waals surface area contributed by atoms with Crippen LogP contribution in [0.3, 0.4) is 0 Å². The number of hydrogen-bond acceptors (Lipinski definition) is 7. The van der Waals surface area contributed by atoms with Crippen LogP contribution in [0.25, 0.3) is 12.2 Å². The van der Waals surface area contributed by atoms with Crippen molar-refractivity contribution in [1.82, 2.24) is 15.3 Å². The fourth-order valence-electron chi connectivity index (χ4n) is 2.98. The van der Waals surface area contributed by atoms with E-state index in [2.05, 4.69) is 27.2 Å². The first-order valence-electron chi connectivity index (χ1n) is 9.34. The fourth-order valence-corrected chi connectivity index (χ4v) is 3.60. The Morgan fingerprint density at radius 2 is 1.74 bits per heavy atom. The third kappa shape index (κ3) is 5.46. The van der Waals surface area contributed by atoms with E-state index in [1.165, 1.54) is 20.3 Å². The summed E-state index contributed by atoms with van der Waals surface area (Å²) in [4.78, 5) is 20.2. The number of rotatable bonds is 8. The summed E-state index contributed by atoms with van der Waals surface area (Å²) in [5.74, 6) is 1.07. The second-order valence-electron chi connectivity index (χ2n) is 6.60. The number of hydrogen-bond donors (Lipinski definition) is 2. The lowest BCUT2D eigenvalue weighted by Gasteiger charge is -2.19. The van der Waals surface area contributed by atoms with E-state index in [4.69, 9.17) is 37.4 Å². The number of aromatic nitrogens is 2. The summed E-state index contributed by atoms with van der Waals surface area (Å²) in [5, 5.41) is 6.74. The largest absolute Gasteiger partial charge is 0.495 e. The van der Waals surface area contributed by atoms with E-state index < -0.39 is 0 Å². The number of anilines is 1. The maximum Gasteiger partial charge on any atom is 0.243 e. The van der Waals surface area contributed by atoms with Crippen LogP contribution in [0.15, 0.2) is 31.1 Å². The van der Waals surface area contributed by atoms with Crippen LogP contribution in [-0.4, -0.2) is 55.4 Å². The second-order valence-corrected chi connectivity index (χ2v) is 7.36. The molecule has 1 aliphatic rings. The van der Waals surface area contributed by atoms with E-state index in [0.29, 0.717) is 46.3 Å². The van der Waals surface area contributed by atoms with Crippen LogP contribution in [-0.2, 0) is 9.53 Å². The molecule has 0 saturated carbocycles. The number of ether oxygens (including phenoxy) is 3. The van der Waals surface area contributed by atoms with Crippen LogP contribution in [0, 0.1) is 0 Å². The van der Waals surface area contributed by atoms with Crippen LogP contribution < -0.4 is 20.1 Å². The highest BCUT2D eigenvalue weighted by Gasteiger charge is 2.29. The molecule has 1 unspecified atom stereocenters. The molecular formula is C21H22Cl2N4O4. The molecule has 0 radical (unpaired) electrons. The first-order valence-corrected chi connectivity index (χ1v) is 10.1. The number of carbonyl (C=O) groups is 1. The summed E-state index contributed by atoms with van der Waals surface area (Å²) >= 11 is 12.8. The maximum atomic E-state index is 11.5. The Morgan fingerprint density at radius 3 is 2.32 bits per heavy atom. The van der Waals surface area contributed by atoms with Gasteiger partial charge in [0.25, 0.3) is 0 Å². The van der Waals surface area contributed by atoms with Crippen LogP contribution in [0.2, 0.25) is 10.0 Å². The number of nitrogens with zero attached hydrogens (tertiary/aromatic N) is 2. The summed E-state index contributed by atoms with van der Waals surface area (Å²) in [6.45, 7) is 4.29. The number of methoxy groups -OCH3 is 2. The van der Waals surface area contributed by atoms with Gasteiger partial charge in [-0.1, -0.05) is 41.9 Å². The summed E-state index contributed by atoms with van der Waals surface area (Å²) in [6.07, 6.45) is 8.05. The average Bonchev–Trinajstić information content (AvgIpc) is 3.21. The highest BCUT2D eigenvalue weighted by Crippen LogP contribution is 2.41. The van der Waals surface area contributed by atoms with Crippen LogP contribution in [0.4, 0.5) is 5.95 Å². The predicted octanol–water partition coefficient (Wildman–Crippen LogP) is 3.45. The van der Waals surface area contributed by atoms with Crippen molar-refractivity contribution in [2.45, 2.75) is 12.1 Å². The van der Waals surface area contributed by atoms with Crippen molar-refractivity contribution in [1.29, 1.82) is 0 Å². The SMILES string of the molecule is C=CC(=O)NC1COC[C@H]1Nc1ncc(/C=C/c2c(Cl)c(OC)cc(OC)c2Cl)cn1. The van der Waals surface area contributed by atoms with Gasteiger partial charge in [0.1, 0.15) is 11.5 Å². The molecular weight excluding hydrogens is 443 g/mol. The van der Waals surface area contributed by atoms with E-state index in [1.54, 1.807) is 30.6 Å². The third-order valence-electron chi connectivity index (χ3n) is 4.63. The summed E-state index contributed by atoms with van der Waals surface area (Å²) in [6, 6.07) is 1.29. The van der Waals surface area contributed by atoms with Gasteiger partial charge in [0, 0.05) is 29.6 Å². The summed E-state index contributed by atoms with van der Waals surface area (Å²) in [5.41, 5.74) is 1.30. The highest BCUT2D eigenvalue weighted by atomic mass is 35.5. The molecule has 2 N–H and O–H groups in total. The zero-order valence-corrected chi connectivity index (χ0v) is 18.5. The number of halogens is 2. The van der Waals surface area contributed by atoms with Crippen molar-refractivity contribution in [3.63, 3.8) is 0 Å². The lowest BCUT2D eigenvalue weighted by molar-refractivity contribution is -0.117. The molecule has 1 fully saturated rings. The van der Waals surface area contributed by atoms with Crippen molar-refractivity contribution < 1.29 is 19.0 Å². The molecule has 1 saturated heterocycles. The molecule has 0 aliphatic carbocycles. The Morgan fingerprint density at radius 1 is 1.13 bits per heavy atom. The molecule has 2 heterocycles. The monoisotopic (exact) mass is 464 g/mol. The highest BCUT2D eigenvalue weighted by molar-refractivity contribution is 6.39. The molecule has 1 amide bonds. The van der Waals surface area contributed by atoms with Crippen molar-refractivity contribution in [2.24, 2.45) is 0 Å². The van der Waals surface area contributed by atoms with Crippen LogP contribution in [0.5, 0.6) is 11.5 Å². The molecule has 1 aromatic heterocycles. The predicted molar refractivity (Wildman–Crippen MR) is 121 cm³/mol. The Kier molecular flexibility index (Phi) is 7.73. The van der Waals surface area contributed by atoms with E-state index >= 15 is 0 Å². The molecule has 3 rings (SSSR count). The van der Waals surface area contributed by atoms with Crippen molar-refractivity contribution in [2.75, 3.05) is 32.8 Å². The third-order valence-corrected chi connectivity index (χ3v) is 5.41. The summed E-state index contributed by atoms with van der Waals surface area (Å²) in [7, 11) is 3.04. The lowest BCUT2D eigenvalue weighted by Crippen LogP contribution is -2.45. The zero-order valence-electron chi connectivity index (χ0n) is 17.0. The molecule has 1 aromatic carbocycles. The number of amides is 1. The second kappa shape index (κ2) is 10.5. The molecule has 0 bridgehead atoms. The minimum absolute atomic E-state index is 0.146. The number of benzene rings is 1. The molecule has 2 aromatic rings. The van der Waals surface area contributed by atoms with Gasteiger partial charge in [-0.2, -0.15) is 0 Å². The van der Waals surface area contributed by atoms with Gasteiger partial charge in [-0.25, -0.2) is 9.97 Å². The normalized spacial score (nSPS) is 18.1. The van der Waals surface area contributed by atoms with Gasteiger partial charge < -0.3 is 24.8 Å². The standard InChI is InChI=1S/C21H22Cl2N4O4/c1-4-18(28)26-14-10-31-11-15(14)27-21-24-8-12(9-25-21)5-6-13-19(22)16(29-2)7-17(30-3)20(13)23/h4-9,14-15H,1,10-11H2,2-3H3,(H,26,28)(H,24,25,27)/b6-5+/t14?,15-/m1/s1. The van der Waals surface area contributed by atoms with Gasteiger partial charge in [0.2, 0.25) is 11.9 Å². The Labute approximate surface area is 190 Å². The minimum Gasteiger partial charge on any atom is -0.495 e. The Balaban J connectivity index is 1.72. The molecule has 10 heteroatoms. The Bertz CT molecular complexity index is 954. The average molecular weight is 465 g/mol. The number of carbonyl (C=O) groups excluding carboxylic acids is 1. The molecule has 0 spiro atoms. The smallest absolute Gasteiger partial charge is 0.243 e. The first-order chi connectivity index (χ1) is 15.0. The number of nitrogens with one attached hydrogen (secondary N) is 2. The van der Waals surface area contributed by atoms with Crippen molar-refractivity contribution in [3.8, 4) is 11.5 Å². The van der Waals surface area contributed by atoms with Crippen LogP contribution in [0.1, 0.15) is 11.1 Å². The van der Waals surface area contributed by atoms with E-state index in [-0.39, 0.29) is 18.0 Å². The molecule has 2 atom stereocenters. The molecule has 8 nitrogen and oxygen atoms in total. The lowest BCUT2D eigenvalue weighted by atomic mass is 10.1. The zero-order chi connectivity index (χ0) is 22.4. The van der Waals surface area contributed by atoms with Gasteiger partial charge >= 0.3 is 0 Å².